The summed E-state index contributed by atoms with van der Waals surface area (Å²) in [5.74, 6) is 1.40. The molecule has 0 atom stereocenters. The Kier molecular flexibility index (Phi) is 5.76. The number of nitrogens with zero attached hydrogens (tertiary/aromatic N) is 1. The van der Waals surface area contributed by atoms with E-state index in [4.69, 9.17) is 4.74 Å². The highest BCUT2D eigenvalue weighted by Gasteiger charge is 2.06. The normalized spacial score (nSPS) is 10.7. The average molecular weight is 349 g/mol. The predicted molar refractivity (Wildman–Crippen MR) is 89.9 cm³/mol. The number of hydrogen-bond acceptors (Lipinski definition) is 3. The molecule has 112 valence electrons. The second kappa shape index (κ2) is 7.57. The Morgan fingerprint density at radius 2 is 2.00 bits per heavy atom. The van der Waals surface area contributed by atoms with E-state index in [9.17, 15) is 0 Å². The van der Waals surface area contributed by atoms with Gasteiger partial charge in [0.2, 0.25) is 5.88 Å². The van der Waals surface area contributed by atoms with Gasteiger partial charge in [-0.2, -0.15) is 0 Å². The van der Waals surface area contributed by atoms with Crippen molar-refractivity contribution in [2.24, 2.45) is 0 Å². The van der Waals surface area contributed by atoms with E-state index in [0.29, 0.717) is 5.88 Å². The lowest BCUT2D eigenvalue weighted by molar-refractivity contribution is 0.458. The van der Waals surface area contributed by atoms with Crippen molar-refractivity contribution >= 4 is 15.9 Å². The number of halogens is 1. The topological polar surface area (TPSA) is 34.1 Å². The van der Waals surface area contributed by atoms with E-state index in [1.165, 1.54) is 11.1 Å². The van der Waals surface area contributed by atoms with Crippen LogP contribution >= 0.6 is 15.9 Å². The first-order chi connectivity index (χ1) is 10.1. The molecule has 0 aliphatic carbocycles. The molecule has 0 spiro atoms. The number of benzene rings is 1. The third kappa shape index (κ3) is 4.55. The molecule has 4 heteroatoms. The number of pyridine rings is 1. The fraction of sp³-hybridized carbons (Fsp3) is 0.353. The zero-order valence-electron chi connectivity index (χ0n) is 12.7. The largest absolute Gasteiger partial charge is 0.438 e. The van der Waals surface area contributed by atoms with E-state index in [-0.39, 0.29) is 0 Å². The maximum Gasteiger partial charge on any atom is 0.219 e. The third-order valence-corrected chi connectivity index (χ3v) is 3.83. The van der Waals surface area contributed by atoms with Gasteiger partial charge in [0.15, 0.2) is 0 Å². The van der Waals surface area contributed by atoms with Crippen LogP contribution in [0.15, 0.2) is 34.8 Å². The molecule has 0 radical (unpaired) electrons. The Balaban J connectivity index is 2.09. The first kappa shape index (κ1) is 16.0. The Morgan fingerprint density at radius 3 is 2.67 bits per heavy atom. The molecule has 0 aliphatic rings. The van der Waals surface area contributed by atoms with E-state index in [0.717, 1.165) is 35.4 Å². The summed E-state index contributed by atoms with van der Waals surface area (Å²) >= 11 is 3.52. The second-order valence-corrected chi connectivity index (χ2v) is 5.96. The van der Waals surface area contributed by atoms with Gasteiger partial charge < -0.3 is 10.1 Å². The Morgan fingerprint density at radius 1 is 1.19 bits per heavy atom. The first-order valence-electron chi connectivity index (χ1n) is 7.21. The van der Waals surface area contributed by atoms with E-state index in [2.05, 4.69) is 46.1 Å². The smallest absolute Gasteiger partial charge is 0.219 e. The highest BCUT2D eigenvalue weighted by Crippen LogP contribution is 2.29. The number of aryl methyl sites for hydroxylation is 2. The molecule has 0 saturated carbocycles. The fourth-order valence-corrected chi connectivity index (χ4v) is 2.59. The molecule has 1 aromatic carbocycles. The van der Waals surface area contributed by atoms with Crippen molar-refractivity contribution in [2.45, 2.75) is 33.7 Å². The lowest BCUT2D eigenvalue weighted by Crippen LogP contribution is -2.15. The monoisotopic (exact) mass is 348 g/mol. The summed E-state index contributed by atoms with van der Waals surface area (Å²) in [5, 5.41) is 3.39. The number of rotatable bonds is 6. The quantitative estimate of drug-likeness (QED) is 0.764. The van der Waals surface area contributed by atoms with Gasteiger partial charge in [0.25, 0.3) is 0 Å². The van der Waals surface area contributed by atoms with Gasteiger partial charge in [0.1, 0.15) is 5.75 Å². The number of ether oxygens (including phenoxy) is 1. The van der Waals surface area contributed by atoms with Crippen molar-refractivity contribution in [3.63, 3.8) is 0 Å². The van der Waals surface area contributed by atoms with Crippen LogP contribution in [0.3, 0.4) is 0 Å². The van der Waals surface area contributed by atoms with Crippen molar-refractivity contribution in [1.82, 2.24) is 10.3 Å². The number of nitrogens with one attached hydrogen (secondary N) is 1. The standard InChI is InChI=1S/C17H21BrN2O/c1-4-9-19-11-14-6-8-17(20-13(14)3)21-16-7-5-12(2)10-15(16)18/h5-8,10,19H,4,9,11H2,1-3H3. The molecule has 0 bridgehead atoms. The van der Waals surface area contributed by atoms with Crippen LogP contribution in [0.2, 0.25) is 0 Å². The molecular formula is C17H21BrN2O. The van der Waals surface area contributed by atoms with Crippen LogP contribution in [-0.4, -0.2) is 11.5 Å². The zero-order valence-corrected chi connectivity index (χ0v) is 14.3. The van der Waals surface area contributed by atoms with E-state index >= 15 is 0 Å². The summed E-state index contributed by atoms with van der Waals surface area (Å²) in [4.78, 5) is 4.53. The van der Waals surface area contributed by atoms with Gasteiger partial charge in [-0.3, -0.25) is 0 Å². The summed E-state index contributed by atoms with van der Waals surface area (Å²) < 4.78 is 6.79. The van der Waals surface area contributed by atoms with Crippen molar-refractivity contribution in [3.05, 3.63) is 51.6 Å². The molecule has 2 aromatic rings. The second-order valence-electron chi connectivity index (χ2n) is 5.11. The van der Waals surface area contributed by atoms with Crippen LogP contribution in [0.1, 0.15) is 30.2 Å². The highest BCUT2D eigenvalue weighted by atomic mass is 79.9. The highest BCUT2D eigenvalue weighted by molar-refractivity contribution is 9.10. The minimum absolute atomic E-state index is 0.622. The van der Waals surface area contributed by atoms with Crippen molar-refractivity contribution in [1.29, 1.82) is 0 Å². The summed E-state index contributed by atoms with van der Waals surface area (Å²) in [6, 6.07) is 10.00. The average Bonchev–Trinajstić information content (AvgIpc) is 2.44. The molecule has 0 fully saturated rings. The van der Waals surface area contributed by atoms with Gasteiger partial charge in [-0.15, -0.1) is 0 Å². The number of aromatic nitrogens is 1. The van der Waals surface area contributed by atoms with E-state index in [1.54, 1.807) is 0 Å². The fourth-order valence-electron chi connectivity index (χ4n) is 2.01. The van der Waals surface area contributed by atoms with E-state index in [1.807, 2.05) is 31.2 Å². The number of hydrogen-bond donors (Lipinski definition) is 1. The van der Waals surface area contributed by atoms with Gasteiger partial charge in [0, 0.05) is 18.3 Å². The molecule has 0 amide bonds. The molecule has 0 unspecified atom stereocenters. The third-order valence-electron chi connectivity index (χ3n) is 3.21. The molecule has 1 N–H and O–H groups in total. The van der Waals surface area contributed by atoms with Crippen LogP contribution in [0.4, 0.5) is 0 Å². The van der Waals surface area contributed by atoms with Crippen molar-refractivity contribution in [3.8, 4) is 11.6 Å². The van der Waals surface area contributed by atoms with Crippen molar-refractivity contribution in [2.75, 3.05) is 6.54 Å². The lowest BCUT2D eigenvalue weighted by Gasteiger charge is -2.11. The summed E-state index contributed by atoms with van der Waals surface area (Å²) in [5.41, 5.74) is 3.40. The summed E-state index contributed by atoms with van der Waals surface area (Å²) in [7, 11) is 0. The predicted octanol–water partition coefficient (Wildman–Crippen LogP) is 4.75. The van der Waals surface area contributed by atoms with E-state index < -0.39 is 0 Å². The molecule has 0 aliphatic heterocycles. The maximum absolute atomic E-state index is 5.85. The Hall–Kier alpha value is -1.39. The van der Waals surface area contributed by atoms with Crippen LogP contribution in [0.5, 0.6) is 11.6 Å². The molecule has 21 heavy (non-hydrogen) atoms. The lowest BCUT2D eigenvalue weighted by atomic mass is 10.2. The SMILES string of the molecule is CCCNCc1ccc(Oc2ccc(C)cc2Br)nc1C. The van der Waals surface area contributed by atoms with Crippen LogP contribution in [0, 0.1) is 13.8 Å². The molecular weight excluding hydrogens is 328 g/mol. The summed E-state index contributed by atoms with van der Waals surface area (Å²) in [6.45, 7) is 8.10. The minimum atomic E-state index is 0.622. The van der Waals surface area contributed by atoms with Gasteiger partial charge in [-0.25, -0.2) is 4.98 Å². The minimum Gasteiger partial charge on any atom is -0.438 e. The zero-order chi connectivity index (χ0) is 15.2. The molecule has 0 saturated heterocycles. The van der Waals surface area contributed by atoms with Crippen molar-refractivity contribution < 1.29 is 4.74 Å². The van der Waals surface area contributed by atoms with Gasteiger partial charge in [0.05, 0.1) is 4.47 Å². The molecule has 3 nitrogen and oxygen atoms in total. The molecule has 1 aromatic heterocycles. The van der Waals surface area contributed by atoms with Crippen LogP contribution in [-0.2, 0) is 6.54 Å². The summed E-state index contributed by atoms with van der Waals surface area (Å²) in [6.07, 6.45) is 1.13. The van der Waals surface area contributed by atoms with Gasteiger partial charge in [-0.05, 0) is 66.0 Å². The molecule has 1 heterocycles. The van der Waals surface area contributed by atoms with Crippen LogP contribution in [0.25, 0.3) is 0 Å². The maximum atomic E-state index is 5.85. The van der Waals surface area contributed by atoms with Gasteiger partial charge in [-0.1, -0.05) is 19.1 Å². The van der Waals surface area contributed by atoms with Gasteiger partial charge >= 0.3 is 0 Å². The first-order valence-corrected chi connectivity index (χ1v) is 8.00. The Bertz CT molecular complexity index is 614. The van der Waals surface area contributed by atoms with Crippen LogP contribution < -0.4 is 10.1 Å². The Labute approximate surface area is 134 Å². The molecule has 2 rings (SSSR count).